The largest absolute Gasteiger partial charge is 0.444 e. The molecule has 2 aromatic carbocycles. The number of carbonyl (C=O) groups is 2. The second-order valence-electron chi connectivity index (χ2n) is 6.96. The van der Waals surface area contributed by atoms with Crippen molar-refractivity contribution in [2.24, 2.45) is 0 Å². The molecule has 0 aliphatic rings. The Morgan fingerprint density at radius 3 is 2.42 bits per heavy atom. The summed E-state index contributed by atoms with van der Waals surface area (Å²) >= 11 is 5.99. The Balaban J connectivity index is 2.04. The summed E-state index contributed by atoms with van der Waals surface area (Å²) in [5.74, 6) is -0.245. The Kier molecular flexibility index (Phi) is 6.27. The number of anilines is 1. The van der Waals surface area contributed by atoms with Crippen molar-refractivity contribution in [3.63, 3.8) is 0 Å². The lowest BCUT2D eigenvalue weighted by molar-refractivity contribution is 0.0635. The molecule has 5 nitrogen and oxygen atoms in total. The maximum atomic E-state index is 12.5. The Morgan fingerprint density at radius 2 is 1.77 bits per heavy atom. The van der Waals surface area contributed by atoms with Crippen LogP contribution in [0.25, 0.3) is 0 Å². The molecule has 0 fully saturated rings. The Bertz CT molecular complexity index is 800. The number of carbonyl (C=O) groups excluding carboxylic acids is 2. The normalized spacial score (nSPS) is 12.2. The van der Waals surface area contributed by atoms with Crippen LogP contribution in [0.5, 0.6) is 0 Å². The highest BCUT2D eigenvalue weighted by atomic mass is 35.5. The highest BCUT2D eigenvalue weighted by molar-refractivity contribution is 6.30. The predicted octanol–water partition coefficient (Wildman–Crippen LogP) is 5.18. The molecular weight excluding hydrogens is 352 g/mol. The third kappa shape index (κ3) is 6.08. The highest BCUT2D eigenvalue weighted by Crippen LogP contribution is 2.19. The molecule has 0 radical (unpaired) electrons. The summed E-state index contributed by atoms with van der Waals surface area (Å²) in [5, 5.41) is 6.16. The van der Waals surface area contributed by atoms with E-state index in [9.17, 15) is 9.59 Å². The van der Waals surface area contributed by atoms with Gasteiger partial charge < -0.3 is 10.1 Å². The topological polar surface area (TPSA) is 67.4 Å². The van der Waals surface area contributed by atoms with Crippen molar-refractivity contribution in [2.75, 3.05) is 5.32 Å². The van der Waals surface area contributed by atoms with Crippen molar-refractivity contribution in [3.8, 4) is 0 Å². The summed E-state index contributed by atoms with van der Waals surface area (Å²) in [4.78, 5) is 24.3. The molecule has 0 unspecified atom stereocenters. The van der Waals surface area contributed by atoms with Gasteiger partial charge in [0, 0.05) is 16.3 Å². The molecule has 0 spiro atoms. The molecule has 138 valence electrons. The molecule has 0 heterocycles. The van der Waals surface area contributed by atoms with E-state index in [-0.39, 0.29) is 11.9 Å². The SMILES string of the molecule is C[C@H](NC(=O)c1cccc(NC(=O)OC(C)(C)C)c1)c1cccc(Cl)c1. The van der Waals surface area contributed by atoms with Gasteiger partial charge in [-0.2, -0.15) is 0 Å². The summed E-state index contributed by atoms with van der Waals surface area (Å²) in [6, 6.07) is 13.8. The Labute approximate surface area is 158 Å². The van der Waals surface area contributed by atoms with Crippen LogP contribution in [-0.2, 0) is 4.74 Å². The van der Waals surface area contributed by atoms with Gasteiger partial charge in [0.2, 0.25) is 0 Å². The molecule has 0 saturated heterocycles. The maximum Gasteiger partial charge on any atom is 0.412 e. The zero-order valence-electron chi connectivity index (χ0n) is 15.3. The number of hydrogen-bond acceptors (Lipinski definition) is 3. The van der Waals surface area contributed by atoms with Crippen molar-refractivity contribution in [1.82, 2.24) is 5.32 Å². The minimum Gasteiger partial charge on any atom is -0.444 e. The molecule has 1 atom stereocenters. The molecule has 0 aromatic heterocycles. The van der Waals surface area contributed by atoms with Gasteiger partial charge in [0.25, 0.3) is 5.91 Å². The smallest absolute Gasteiger partial charge is 0.412 e. The van der Waals surface area contributed by atoms with Gasteiger partial charge in [0.15, 0.2) is 0 Å². The molecule has 0 saturated carbocycles. The number of rotatable bonds is 4. The summed E-state index contributed by atoms with van der Waals surface area (Å²) in [5.41, 5.74) is 1.24. The first kappa shape index (κ1) is 19.8. The van der Waals surface area contributed by atoms with Crippen LogP contribution < -0.4 is 10.6 Å². The van der Waals surface area contributed by atoms with Crippen molar-refractivity contribution >= 4 is 29.3 Å². The average Bonchev–Trinajstić information content (AvgIpc) is 2.53. The van der Waals surface area contributed by atoms with Crippen molar-refractivity contribution in [3.05, 3.63) is 64.7 Å². The lowest BCUT2D eigenvalue weighted by atomic mass is 10.1. The van der Waals surface area contributed by atoms with E-state index in [1.165, 1.54) is 0 Å². The van der Waals surface area contributed by atoms with Gasteiger partial charge in [0.05, 0.1) is 6.04 Å². The molecular formula is C20H23ClN2O3. The van der Waals surface area contributed by atoms with Gasteiger partial charge in [-0.3, -0.25) is 10.1 Å². The van der Waals surface area contributed by atoms with E-state index in [4.69, 9.17) is 16.3 Å². The van der Waals surface area contributed by atoms with Gasteiger partial charge in [-0.25, -0.2) is 4.79 Å². The first-order valence-corrected chi connectivity index (χ1v) is 8.68. The first-order valence-electron chi connectivity index (χ1n) is 8.30. The second kappa shape index (κ2) is 8.23. The number of ether oxygens (including phenoxy) is 1. The zero-order valence-corrected chi connectivity index (χ0v) is 16.1. The molecule has 0 aliphatic heterocycles. The van der Waals surface area contributed by atoms with Crippen LogP contribution in [0.1, 0.15) is 49.7 Å². The molecule has 26 heavy (non-hydrogen) atoms. The fraction of sp³-hybridized carbons (Fsp3) is 0.300. The maximum absolute atomic E-state index is 12.5. The van der Waals surface area contributed by atoms with Crippen LogP contribution in [0.4, 0.5) is 10.5 Å². The third-order valence-corrected chi connectivity index (χ3v) is 3.70. The van der Waals surface area contributed by atoms with E-state index < -0.39 is 11.7 Å². The molecule has 2 amide bonds. The van der Waals surface area contributed by atoms with Gasteiger partial charge in [-0.05, 0) is 63.6 Å². The van der Waals surface area contributed by atoms with Gasteiger partial charge >= 0.3 is 6.09 Å². The first-order chi connectivity index (χ1) is 12.1. The number of hydrogen-bond donors (Lipinski definition) is 2. The number of benzene rings is 2. The van der Waals surface area contributed by atoms with E-state index in [1.54, 1.807) is 51.1 Å². The minimum absolute atomic E-state index is 0.205. The molecule has 0 bridgehead atoms. The van der Waals surface area contributed by atoms with E-state index in [1.807, 2.05) is 25.1 Å². The van der Waals surface area contributed by atoms with Crippen LogP contribution in [0, 0.1) is 0 Å². The second-order valence-corrected chi connectivity index (χ2v) is 7.39. The molecule has 2 aromatic rings. The average molecular weight is 375 g/mol. The van der Waals surface area contributed by atoms with Crippen LogP contribution in [-0.4, -0.2) is 17.6 Å². The number of halogens is 1. The molecule has 2 N–H and O–H groups in total. The lowest BCUT2D eigenvalue weighted by Gasteiger charge is -2.20. The van der Waals surface area contributed by atoms with Gasteiger partial charge in [0.1, 0.15) is 5.60 Å². The van der Waals surface area contributed by atoms with E-state index in [2.05, 4.69) is 10.6 Å². The third-order valence-electron chi connectivity index (χ3n) is 3.47. The van der Waals surface area contributed by atoms with E-state index in [0.717, 1.165) is 5.56 Å². The number of nitrogens with one attached hydrogen (secondary N) is 2. The van der Waals surface area contributed by atoms with Crippen molar-refractivity contribution < 1.29 is 14.3 Å². The summed E-state index contributed by atoms with van der Waals surface area (Å²) in [6.45, 7) is 7.24. The van der Waals surface area contributed by atoms with Gasteiger partial charge in [-0.1, -0.05) is 29.8 Å². The van der Waals surface area contributed by atoms with Gasteiger partial charge in [-0.15, -0.1) is 0 Å². The van der Waals surface area contributed by atoms with E-state index in [0.29, 0.717) is 16.3 Å². The summed E-state index contributed by atoms with van der Waals surface area (Å²) in [6.07, 6.45) is -0.567. The van der Waals surface area contributed by atoms with Crippen LogP contribution in [0.15, 0.2) is 48.5 Å². The fourth-order valence-corrected chi connectivity index (χ4v) is 2.50. The minimum atomic E-state index is -0.592. The Morgan fingerprint density at radius 1 is 1.08 bits per heavy atom. The predicted molar refractivity (Wildman–Crippen MR) is 104 cm³/mol. The standard InChI is InChI=1S/C20H23ClN2O3/c1-13(14-7-5-9-16(21)11-14)22-18(24)15-8-6-10-17(12-15)23-19(25)26-20(2,3)4/h5-13H,1-4H3,(H,22,24)(H,23,25)/t13-/m0/s1. The summed E-state index contributed by atoms with van der Waals surface area (Å²) in [7, 11) is 0. The fourth-order valence-electron chi connectivity index (χ4n) is 2.30. The number of amides is 2. The zero-order chi connectivity index (χ0) is 19.3. The summed E-state index contributed by atoms with van der Waals surface area (Å²) < 4.78 is 5.21. The monoisotopic (exact) mass is 374 g/mol. The molecule has 2 rings (SSSR count). The molecule has 0 aliphatic carbocycles. The van der Waals surface area contributed by atoms with Crippen LogP contribution in [0.2, 0.25) is 5.02 Å². The lowest BCUT2D eigenvalue weighted by Crippen LogP contribution is -2.28. The Hall–Kier alpha value is -2.53. The van der Waals surface area contributed by atoms with Crippen molar-refractivity contribution in [2.45, 2.75) is 39.3 Å². The highest BCUT2D eigenvalue weighted by Gasteiger charge is 2.17. The van der Waals surface area contributed by atoms with Crippen LogP contribution in [0.3, 0.4) is 0 Å². The van der Waals surface area contributed by atoms with E-state index >= 15 is 0 Å². The molecule has 6 heteroatoms. The van der Waals surface area contributed by atoms with Crippen LogP contribution >= 0.6 is 11.6 Å². The quantitative estimate of drug-likeness (QED) is 0.774. The van der Waals surface area contributed by atoms with Crippen molar-refractivity contribution in [1.29, 1.82) is 0 Å².